The maximum Gasteiger partial charge on any atom is 0.0641 e. The van der Waals surface area contributed by atoms with Crippen LogP contribution in [-0.4, -0.2) is 22.4 Å². The lowest BCUT2D eigenvalue weighted by Crippen LogP contribution is -2.23. The lowest BCUT2D eigenvalue weighted by Gasteiger charge is -2.18. The molecule has 49 valence electrons. The SMILES string of the molecule is [CH2]CC(C)(O)CCO. The first kappa shape index (κ1) is 7.92. The molecule has 1 unspecified atom stereocenters. The molecule has 0 fully saturated rings. The zero-order chi connectivity index (χ0) is 6.62. The smallest absolute Gasteiger partial charge is 0.0641 e. The Morgan fingerprint density at radius 3 is 2.25 bits per heavy atom. The van der Waals surface area contributed by atoms with Crippen molar-refractivity contribution in [2.24, 2.45) is 0 Å². The van der Waals surface area contributed by atoms with Gasteiger partial charge in [-0.3, -0.25) is 0 Å². The number of hydrogen-bond donors (Lipinski definition) is 2. The molecular weight excluding hydrogens is 104 g/mol. The van der Waals surface area contributed by atoms with Gasteiger partial charge in [-0.1, -0.05) is 6.92 Å². The van der Waals surface area contributed by atoms with Crippen molar-refractivity contribution in [1.29, 1.82) is 0 Å². The summed E-state index contributed by atoms with van der Waals surface area (Å²) >= 11 is 0. The Kier molecular flexibility index (Phi) is 3.02. The molecule has 2 nitrogen and oxygen atoms in total. The molecule has 1 radical (unpaired) electrons. The topological polar surface area (TPSA) is 40.5 Å². The van der Waals surface area contributed by atoms with Gasteiger partial charge < -0.3 is 10.2 Å². The molecule has 0 bridgehead atoms. The van der Waals surface area contributed by atoms with Crippen LogP contribution in [-0.2, 0) is 0 Å². The fourth-order valence-electron chi connectivity index (χ4n) is 0.366. The number of hydrogen-bond acceptors (Lipinski definition) is 2. The predicted molar refractivity (Wildman–Crippen MR) is 32.3 cm³/mol. The molecule has 8 heavy (non-hydrogen) atoms. The molecule has 0 saturated carbocycles. The normalized spacial score (nSPS) is 18.0. The van der Waals surface area contributed by atoms with E-state index in [0.29, 0.717) is 12.8 Å². The Labute approximate surface area is 50.2 Å². The molecule has 2 heteroatoms. The lowest BCUT2D eigenvalue weighted by molar-refractivity contribution is 0.0356. The van der Waals surface area contributed by atoms with E-state index in [1.54, 1.807) is 6.92 Å². The van der Waals surface area contributed by atoms with E-state index < -0.39 is 5.60 Å². The number of rotatable bonds is 3. The Morgan fingerprint density at radius 1 is 1.62 bits per heavy atom. The highest BCUT2D eigenvalue weighted by atomic mass is 16.3. The van der Waals surface area contributed by atoms with Crippen LogP contribution in [0.15, 0.2) is 0 Å². The van der Waals surface area contributed by atoms with Gasteiger partial charge in [0.05, 0.1) is 5.60 Å². The third-order valence-electron chi connectivity index (χ3n) is 1.19. The van der Waals surface area contributed by atoms with Crippen molar-refractivity contribution >= 4 is 0 Å². The molecule has 0 heterocycles. The summed E-state index contributed by atoms with van der Waals surface area (Å²) in [4.78, 5) is 0. The minimum absolute atomic E-state index is 0.0303. The molecule has 0 aliphatic heterocycles. The average molecular weight is 117 g/mol. The summed E-state index contributed by atoms with van der Waals surface area (Å²) in [6.07, 6.45) is 0.865. The van der Waals surface area contributed by atoms with Gasteiger partial charge in [-0.05, 0) is 19.8 Å². The molecule has 0 aromatic carbocycles. The van der Waals surface area contributed by atoms with Crippen molar-refractivity contribution in [2.75, 3.05) is 6.61 Å². The molecule has 0 rings (SSSR count). The van der Waals surface area contributed by atoms with E-state index in [0.717, 1.165) is 0 Å². The molecule has 0 aliphatic carbocycles. The average Bonchev–Trinajstić information content (AvgIpc) is 1.67. The standard InChI is InChI=1S/C6H13O2/c1-3-6(2,8)4-5-7/h7-8H,1,3-5H2,2H3. The molecule has 0 amide bonds. The molecule has 2 N–H and O–H groups in total. The van der Waals surface area contributed by atoms with Crippen LogP contribution in [0.5, 0.6) is 0 Å². The van der Waals surface area contributed by atoms with Crippen LogP contribution >= 0.6 is 0 Å². The summed E-state index contributed by atoms with van der Waals surface area (Å²) in [5.74, 6) is 0. The summed E-state index contributed by atoms with van der Waals surface area (Å²) in [6, 6.07) is 0. The van der Waals surface area contributed by atoms with Crippen molar-refractivity contribution in [3.8, 4) is 0 Å². The molecule has 0 aromatic rings. The van der Waals surface area contributed by atoms with Gasteiger partial charge >= 0.3 is 0 Å². The van der Waals surface area contributed by atoms with E-state index in [4.69, 9.17) is 10.2 Å². The quantitative estimate of drug-likeness (QED) is 0.559. The summed E-state index contributed by atoms with van der Waals surface area (Å²) in [7, 11) is 0. The van der Waals surface area contributed by atoms with E-state index in [-0.39, 0.29) is 6.61 Å². The largest absolute Gasteiger partial charge is 0.396 e. The number of aliphatic hydroxyl groups is 2. The summed E-state index contributed by atoms with van der Waals surface area (Å²) < 4.78 is 0. The highest BCUT2D eigenvalue weighted by molar-refractivity contribution is 4.72. The fourth-order valence-corrected chi connectivity index (χ4v) is 0.366. The second-order valence-corrected chi connectivity index (χ2v) is 2.22. The van der Waals surface area contributed by atoms with Crippen LogP contribution in [0.1, 0.15) is 19.8 Å². The monoisotopic (exact) mass is 117 g/mol. The van der Waals surface area contributed by atoms with E-state index in [1.807, 2.05) is 0 Å². The second-order valence-electron chi connectivity index (χ2n) is 2.22. The maximum atomic E-state index is 9.10. The van der Waals surface area contributed by atoms with Gasteiger partial charge in [0.15, 0.2) is 0 Å². The van der Waals surface area contributed by atoms with Gasteiger partial charge in [0.25, 0.3) is 0 Å². The first-order valence-corrected chi connectivity index (χ1v) is 2.75. The molecule has 0 spiro atoms. The highest BCUT2D eigenvalue weighted by Gasteiger charge is 2.15. The van der Waals surface area contributed by atoms with Crippen LogP contribution in [0.3, 0.4) is 0 Å². The van der Waals surface area contributed by atoms with Crippen LogP contribution in [0.2, 0.25) is 0 Å². The second kappa shape index (κ2) is 3.05. The minimum Gasteiger partial charge on any atom is -0.396 e. The van der Waals surface area contributed by atoms with Crippen LogP contribution in [0, 0.1) is 6.92 Å². The molecule has 0 aromatic heterocycles. The fraction of sp³-hybridized carbons (Fsp3) is 0.833. The third kappa shape index (κ3) is 2.99. The van der Waals surface area contributed by atoms with Crippen molar-refractivity contribution in [2.45, 2.75) is 25.4 Å². The Morgan fingerprint density at radius 2 is 2.12 bits per heavy atom. The zero-order valence-electron chi connectivity index (χ0n) is 5.22. The van der Waals surface area contributed by atoms with Crippen molar-refractivity contribution < 1.29 is 10.2 Å². The first-order valence-electron chi connectivity index (χ1n) is 2.75. The predicted octanol–water partition coefficient (Wildman–Crippen LogP) is 0.344. The summed E-state index contributed by atoms with van der Waals surface area (Å²) in [5.41, 5.74) is -0.769. The van der Waals surface area contributed by atoms with Crippen LogP contribution in [0.4, 0.5) is 0 Å². The van der Waals surface area contributed by atoms with Gasteiger partial charge in [-0.2, -0.15) is 0 Å². The van der Waals surface area contributed by atoms with Gasteiger partial charge in [0.2, 0.25) is 0 Å². The molecule has 0 aliphatic rings. The minimum atomic E-state index is -0.769. The summed E-state index contributed by atoms with van der Waals surface area (Å²) in [6.45, 7) is 5.21. The molecular formula is C6H13O2. The van der Waals surface area contributed by atoms with Crippen molar-refractivity contribution in [3.05, 3.63) is 6.92 Å². The maximum absolute atomic E-state index is 9.10. The van der Waals surface area contributed by atoms with E-state index in [1.165, 1.54) is 0 Å². The summed E-state index contributed by atoms with van der Waals surface area (Å²) in [5, 5.41) is 17.4. The van der Waals surface area contributed by atoms with E-state index >= 15 is 0 Å². The zero-order valence-corrected chi connectivity index (χ0v) is 5.22. The molecule has 1 atom stereocenters. The first-order chi connectivity index (χ1) is 3.62. The highest BCUT2D eigenvalue weighted by Crippen LogP contribution is 2.11. The van der Waals surface area contributed by atoms with Crippen LogP contribution < -0.4 is 0 Å². The van der Waals surface area contributed by atoms with E-state index in [9.17, 15) is 0 Å². The lowest BCUT2D eigenvalue weighted by atomic mass is 10.0. The van der Waals surface area contributed by atoms with Gasteiger partial charge in [0.1, 0.15) is 0 Å². The van der Waals surface area contributed by atoms with Gasteiger partial charge in [-0.25, -0.2) is 0 Å². The van der Waals surface area contributed by atoms with Crippen LogP contribution in [0.25, 0.3) is 0 Å². The van der Waals surface area contributed by atoms with Crippen molar-refractivity contribution in [1.82, 2.24) is 0 Å². The Hall–Kier alpha value is -0.0800. The third-order valence-corrected chi connectivity index (χ3v) is 1.19. The van der Waals surface area contributed by atoms with Crippen molar-refractivity contribution in [3.63, 3.8) is 0 Å². The van der Waals surface area contributed by atoms with E-state index in [2.05, 4.69) is 6.92 Å². The van der Waals surface area contributed by atoms with Gasteiger partial charge in [-0.15, -0.1) is 0 Å². The Balaban J connectivity index is 3.37. The van der Waals surface area contributed by atoms with Gasteiger partial charge in [0, 0.05) is 6.61 Å². The number of aliphatic hydroxyl groups excluding tert-OH is 1. The Bertz CT molecular complexity index is 59.5. The molecule has 0 saturated heterocycles.